The van der Waals surface area contributed by atoms with Gasteiger partial charge in [0.15, 0.2) is 5.78 Å². The highest BCUT2D eigenvalue weighted by atomic mass is 32.2. The first kappa shape index (κ1) is 10.3. The second-order valence-electron chi connectivity index (χ2n) is 3.16. The van der Waals surface area contributed by atoms with Gasteiger partial charge in [0.1, 0.15) is 5.69 Å². The van der Waals surface area contributed by atoms with Gasteiger partial charge in [0.2, 0.25) is 0 Å². The smallest absolute Gasteiger partial charge is 0.192 e. The lowest BCUT2D eigenvalue weighted by Crippen LogP contribution is -2.06. The second kappa shape index (κ2) is 4.46. The molecule has 0 amide bonds. The minimum Gasteiger partial charge on any atom is -0.291 e. The zero-order valence-electron chi connectivity index (χ0n) is 8.15. The van der Waals surface area contributed by atoms with Crippen LogP contribution in [0.4, 0.5) is 0 Å². The fourth-order valence-electron chi connectivity index (χ4n) is 0.880. The number of aryl methyl sites for hydroxylation is 1. The van der Waals surface area contributed by atoms with E-state index in [1.54, 1.807) is 28.7 Å². The SMILES string of the molecule is CC(C)SCC(=O)c1ccn(C)n1. The van der Waals surface area contributed by atoms with Crippen LogP contribution < -0.4 is 0 Å². The summed E-state index contributed by atoms with van der Waals surface area (Å²) < 4.78 is 1.65. The lowest BCUT2D eigenvalue weighted by atomic mass is 10.3. The standard InChI is InChI=1S/C9H14N2OS/c1-7(2)13-6-9(12)8-4-5-11(3)10-8/h4-5,7H,6H2,1-3H3. The van der Waals surface area contributed by atoms with E-state index in [2.05, 4.69) is 18.9 Å². The Labute approximate surface area is 82.5 Å². The van der Waals surface area contributed by atoms with E-state index in [1.165, 1.54) is 0 Å². The molecule has 0 aliphatic carbocycles. The number of hydrogen-bond acceptors (Lipinski definition) is 3. The number of Topliss-reactive ketones (excluding diaryl/α,β-unsaturated/α-hetero) is 1. The number of nitrogens with zero attached hydrogens (tertiary/aromatic N) is 2. The van der Waals surface area contributed by atoms with Crippen LogP contribution >= 0.6 is 11.8 Å². The van der Waals surface area contributed by atoms with Gasteiger partial charge in [-0.1, -0.05) is 13.8 Å². The molecule has 13 heavy (non-hydrogen) atoms. The largest absolute Gasteiger partial charge is 0.291 e. The number of rotatable bonds is 4. The minimum absolute atomic E-state index is 0.110. The highest BCUT2D eigenvalue weighted by Crippen LogP contribution is 2.11. The molecule has 1 aromatic heterocycles. The molecule has 3 nitrogen and oxygen atoms in total. The molecule has 0 unspecified atom stereocenters. The van der Waals surface area contributed by atoms with Gasteiger partial charge in [-0.2, -0.15) is 16.9 Å². The fourth-order valence-corrected chi connectivity index (χ4v) is 1.51. The molecule has 1 aromatic rings. The summed E-state index contributed by atoms with van der Waals surface area (Å²) in [5.41, 5.74) is 0.565. The molecule has 0 N–H and O–H groups in total. The van der Waals surface area contributed by atoms with E-state index in [-0.39, 0.29) is 5.78 Å². The van der Waals surface area contributed by atoms with E-state index >= 15 is 0 Å². The number of hydrogen-bond donors (Lipinski definition) is 0. The highest BCUT2D eigenvalue weighted by Gasteiger charge is 2.09. The molecular formula is C9H14N2OS. The maximum absolute atomic E-state index is 11.5. The van der Waals surface area contributed by atoms with Crippen LogP contribution in [0.2, 0.25) is 0 Å². The van der Waals surface area contributed by atoms with Gasteiger partial charge in [0.05, 0.1) is 5.75 Å². The molecule has 0 aliphatic rings. The number of carbonyl (C=O) groups excluding carboxylic acids is 1. The normalized spacial score (nSPS) is 10.8. The topological polar surface area (TPSA) is 34.9 Å². The molecule has 1 rings (SSSR count). The van der Waals surface area contributed by atoms with E-state index in [0.29, 0.717) is 16.7 Å². The summed E-state index contributed by atoms with van der Waals surface area (Å²) >= 11 is 1.64. The number of thioether (sulfide) groups is 1. The Morgan fingerprint density at radius 1 is 1.69 bits per heavy atom. The maximum atomic E-state index is 11.5. The van der Waals surface area contributed by atoms with E-state index < -0.39 is 0 Å². The summed E-state index contributed by atoms with van der Waals surface area (Å²) in [6.45, 7) is 4.16. The van der Waals surface area contributed by atoms with Gasteiger partial charge in [-0.15, -0.1) is 0 Å². The van der Waals surface area contributed by atoms with Crippen LogP contribution in [0.15, 0.2) is 12.3 Å². The van der Waals surface area contributed by atoms with Crippen LogP contribution in [0, 0.1) is 0 Å². The van der Waals surface area contributed by atoms with E-state index in [4.69, 9.17) is 0 Å². The summed E-state index contributed by atoms with van der Waals surface area (Å²) in [5, 5.41) is 4.54. The van der Waals surface area contributed by atoms with Crippen molar-refractivity contribution in [3.63, 3.8) is 0 Å². The van der Waals surface area contributed by atoms with Crippen molar-refractivity contribution in [2.45, 2.75) is 19.1 Å². The molecule has 1 heterocycles. The Morgan fingerprint density at radius 3 is 2.85 bits per heavy atom. The summed E-state index contributed by atoms with van der Waals surface area (Å²) in [6.07, 6.45) is 1.78. The van der Waals surface area contributed by atoms with Gasteiger partial charge < -0.3 is 0 Å². The maximum Gasteiger partial charge on any atom is 0.192 e. The van der Waals surface area contributed by atoms with Crippen molar-refractivity contribution in [1.29, 1.82) is 0 Å². The fraction of sp³-hybridized carbons (Fsp3) is 0.556. The first-order valence-electron chi connectivity index (χ1n) is 4.24. The Kier molecular flexibility index (Phi) is 3.54. The van der Waals surface area contributed by atoms with Crippen molar-refractivity contribution in [2.24, 2.45) is 7.05 Å². The minimum atomic E-state index is 0.110. The van der Waals surface area contributed by atoms with Crippen LogP contribution in [-0.2, 0) is 7.05 Å². The van der Waals surface area contributed by atoms with Crippen molar-refractivity contribution in [3.05, 3.63) is 18.0 Å². The first-order chi connectivity index (χ1) is 6.09. The molecule has 0 fully saturated rings. The molecule has 0 aliphatic heterocycles. The molecule has 4 heteroatoms. The monoisotopic (exact) mass is 198 g/mol. The predicted octanol–water partition coefficient (Wildman–Crippen LogP) is 1.74. The third-order valence-electron chi connectivity index (χ3n) is 1.55. The first-order valence-corrected chi connectivity index (χ1v) is 5.29. The van der Waals surface area contributed by atoms with E-state index in [1.807, 2.05) is 7.05 Å². The molecule has 0 radical (unpaired) electrons. The summed E-state index contributed by atoms with van der Waals surface area (Å²) in [7, 11) is 1.81. The molecule has 0 atom stereocenters. The summed E-state index contributed by atoms with van der Waals surface area (Å²) in [4.78, 5) is 11.5. The van der Waals surface area contributed by atoms with Gasteiger partial charge >= 0.3 is 0 Å². The van der Waals surface area contributed by atoms with Gasteiger partial charge in [0, 0.05) is 13.2 Å². The van der Waals surface area contributed by atoms with Crippen molar-refractivity contribution < 1.29 is 4.79 Å². The van der Waals surface area contributed by atoms with Crippen molar-refractivity contribution >= 4 is 17.5 Å². The van der Waals surface area contributed by atoms with Crippen LogP contribution in [0.3, 0.4) is 0 Å². The quantitative estimate of drug-likeness (QED) is 0.691. The summed E-state index contributed by atoms with van der Waals surface area (Å²) in [5.74, 6) is 0.633. The van der Waals surface area contributed by atoms with E-state index in [0.717, 1.165) is 0 Å². The van der Waals surface area contributed by atoms with Gasteiger partial charge in [0.25, 0.3) is 0 Å². The highest BCUT2D eigenvalue weighted by molar-refractivity contribution is 8.00. The Balaban J connectivity index is 2.49. The van der Waals surface area contributed by atoms with Crippen molar-refractivity contribution in [3.8, 4) is 0 Å². The average molecular weight is 198 g/mol. The Morgan fingerprint density at radius 2 is 2.38 bits per heavy atom. The zero-order valence-corrected chi connectivity index (χ0v) is 8.97. The van der Waals surface area contributed by atoms with Crippen LogP contribution in [0.1, 0.15) is 24.3 Å². The van der Waals surface area contributed by atoms with Crippen LogP contribution in [0.25, 0.3) is 0 Å². The number of ketones is 1. The molecule has 72 valence electrons. The Hall–Kier alpha value is -0.770. The number of aromatic nitrogens is 2. The molecule has 0 aromatic carbocycles. The molecule has 0 saturated heterocycles. The van der Waals surface area contributed by atoms with Crippen molar-refractivity contribution in [2.75, 3.05) is 5.75 Å². The third-order valence-corrected chi connectivity index (χ3v) is 2.64. The van der Waals surface area contributed by atoms with Gasteiger partial charge in [-0.05, 0) is 11.3 Å². The predicted molar refractivity (Wildman–Crippen MR) is 55.1 cm³/mol. The van der Waals surface area contributed by atoms with E-state index in [9.17, 15) is 4.79 Å². The molecule has 0 saturated carbocycles. The van der Waals surface area contributed by atoms with Gasteiger partial charge in [-0.3, -0.25) is 9.48 Å². The zero-order chi connectivity index (χ0) is 9.84. The van der Waals surface area contributed by atoms with Crippen LogP contribution in [0.5, 0.6) is 0 Å². The lowest BCUT2D eigenvalue weighted by molar-refractivity contribution is 0.101. The van der Waals surface area contributed by atoms with Crippen LogP contribution in [-0.4, -0.2) is 26.6 Å². The third kappa shape index (κ3) is 3.22. The lowest BCUT2D eigenvalue weighted by Gasteiger charge is -2.01. The number of carbonyl (C=O) groups is 1. The van der Waals surface area contributed by atoms with Gasteiger partial charge in [-0.25, -0.2) is 0 Å². The second-order valence-corrected chi connectivity index (χ2v) is 4.72. The molecule has 0 bridgehead atoms. The average Bonchev–Trinajstić information content (AvgIpc) is 2.47. The molecule has 0 spiro atoms. The Bertz CT molecular complexity index is 294. The summed E-state index contributed by atoms with van der Waals surface area (Å²) in [6, 6.07) is 1.75. The molecular weight excluding hydrogens is 184 g/mol. The van der Waals surface area contributed by atoms with Crippen molar-refractivity contribution in [1.82, 2.24) is 9.78 Å².